The first kappa shape index (κ1) is 18.4. The molecule has 22 heavy (non-hydrogen) atoms. The highest BCUT2D eigenvalue weighted by Gasteiger charge is 2.17. The van der Waals surface area contributed by atoms with Crippen LogP contribution < -0.4 is 5.32 Å². The summed E-state index contributed by atoms with van der Waals surface area (Å²) in [7, 11) is -3.44. The van der Waals surface area contributed by atoms with Gasteiger partial charge in [0.25, 0.3) is 0 Å². The number of hydrogen-bond acceptors (Lipinski definition) is 4. The van der Waals surface area contributed by atoms with E-state index in [4.69, 9.17) is 16.7 Å². The molecule has 0 saturated carbocycles. The molecule has 0 heterocycles. The van der Waals surface area contributed by atoms with Gasteiger partial charge in [0.05, 0.1) is 16.3 Å². The van der Waals surface area contributed by atoms with Gasteiger partial charge in [0.1, 0.15) is 5.75 Å². The monoisotopic (exact) mass is 347 g/mol. The van der Waals surface area contributed by atoms with E-state index >= 15 is 0 Å². The second-order valence-electron chi connectivity index (χ2n) is 4.85. The molecule has 8 heteroatoms. The zero-order chi connectivity index (χ0) is 16.8. The third kappa shape index (κ3) is 6.03. The summed E-state index contributed by atoms with van der Waals surface area (Å²) in [5.41, 5.74) is 0.163. The lowest BCUT2D eigenvalue weighted by molar-refractivity contribution is -0.113. The highest BCUT2D eigenvalue weighted by Crippen LogP contribution is 2.21. The molecule has 0 aliphatic carbocycles. The molecule has 122 valence electrons. The summed E-state index contributed by atoms with van der Waals surface area (Å²) in [6.45, 7) is 1.96. The zero-order valence-corrected chi connectivity index (χ0v) is 13.7. The average Bonchev–Trinajstić information content (AvgIpc) is 2.37. The minimum atomic E-state index is -3.44. The summed E-state index contributed by atoms with van der Waals surface area (Å²) in [6.07, 6.45) is 2.23. The summed E-state index contributed by atoms with van der Waals surface area (Å²) in [5, 5.41) is 11.2. The molecule has 1 aromatic carbocycles. The first-order valence-corrected chi connectivity index (χ1v) is 8.98. The number of benzene rings is 1. The molecule has 0 unspecified atom stereocenters. The highest BCUT2D eigenvalue weighted by molar-refractivity contribution is 7.92. The summed E-state index contributed by atoms with van der Waals surface area (Å²) in [6, 6.07) is 3.87. The maximum atomic E-state index is 11.8. The van der Waals surface area contributed by atoms with Crippen LogP contribution in [0.2, 0.25) is 5.02 Å². The molecular formula is C14H18ClNO5S. The first-order valence-electron chi connectivity index (χ1n) is 6.78. The van der Waals surface area contributed by atoms with Gasteiger partial charge in [-0.15, -0.1) is 0 Å². The van der Waals surface area contributed by atoms with Gasteiger partial charge in [-0.3, -0.25) is 4.79 Å². The van der Waals surface area contributed by atoms with Crippen LogP contribution in [0.4, 0.5) is 5.69 Å². The Hall–Kier alpha value is -1.60. The maximum Gasteiger partial charge on any atom is 0.337 e. The average molecular weight is 348 g/mol. The van der Waals surface area contributed by atoms with Crippen LogP contribution in [0.3, 0.4) is 0 Å². The second kappa shape index (κ2) is 8.14. The Morgan fingerprint density at radius 2 is 1.95 bits per heavy atom. The lowest BCUT2D eigenvalue weighted by Crippen LogP contribution is -2.24. The molecule has 0 fully saturated rings. The minimum absolute atomic E-state index is 0.0209. The lowest BCUT2D eigenvalue weighted by Gasteiger charge is -2.07. The van der Waals surface area contributed by atoms with E-state index in [1.54, 1.807) is 0 Å². The summed E-state index contributed by atoms with van der Waals surface area (Å²) in [5.74, 6) is -2.47. The fraction of sp³-hybridized carbons (Fsp3) is 0.429. The maximum absolute atomic E-state index is 11.8. The van der Waals surface area contributed by atoms with Gasteiger partial charge in [-0.05, 0) is 24.6 Å². The molecule has 0 aliphatic rings. The van der Waals surface area contributed by atoms with Crippen LogP contribution in [0.15, 0.2) is 18.2 Å². The number of sulfone groups is 1. The number of aromatic carboxylic acids is 1. The van der Waals surface area contributed by atoms with Crippen molar-refractivity contribution in [1.82, 2.24) is 0 Å². The number of rotatable bonds is 8. The molecule has 0 bridgehead atoms. The molecule has 0 radical (unpaired) electrons. The lowest BCUT2D eigenvalue weighted by atomic mass is 10.2. The van der Waals surface area contributed by atoms with Crippen LogP contribution >= 0.6 is 11.6 Å². The van der Waals surface area contributed by atoms with E-state index in [9.17, 15) is 18.0 Å². The third-order valence-electron chi connectivity index (χ3n) is 2.89. The van der Waals surface area contributed by atoms with Crippen molar-refractivity contribution in [3.63, 3.8) is 0 Å². The van der Waals surface area contributed by atoms with Crippen molar-refractivity contribution in [3.05, 3.63) is 28.8 Å². The quantitative estimate of drug-likeness (QED) is 0.704. The predicted octanol–water partition coefficient (Wildman–Crippen LogP) is 2.58. The second-order valence-corrected chi connectivity index (χ2v) is 7.44. The number of nitrogens with one attached hydrogen (secondary N) is 1. The molecule has 0 saturated heterocycles. The summed E-state index contributed by atoms with van der Waals surface area (Å²) >= 11 is 5.78. The van der Waals surface area contributed by atoms with E-state index in [0.717, 1.165) is 12.8 Å². The van der Waals surface area contributed by atoms with Gasteiger partial charge >= 0.3 is 5.97 Å². The van der Waals surface area contributed by atoms with Crippen LogP contribution in [0.25, 0.3) is 0 Å². The van der Waals surface area contributed by atoms with Gasteiger partial charge in [0.15, 0.2) is 9.84 Å². The van der Waals surface area contributed by atoms with Crippen molar-refractivity contribution < 1.29 is 23.1 Å². The number of halogens is 1. The standard InChI is InChI=1S/C14H18ClNO5S/c1-2-3-4-7-22(20,21)9-13(17)16-10-5-6-11(14(18)19)12(15)8-10/h5-6,8H,2-4,7,9H2,1H3,(H,16,17)(H,18,19). The summed E-state index contributed by atoms with van der Waals surface area (Å²) < 4.78 is 23.5. The number of unbranched alkanes of at least 4 members (excludes halogenated alkanes) is 2. The Kier molecular flexibility index (Phi) is 6.83. The van der Waals surface area contributed by atoms with E-state index in [2.05, 4.69) is 5.32 Å². The van der Waals surface area contributed by atoms with Crippen LogP contribution in [0.5, 0.6) is 0 Å². The van der Waals surface area contributed by atoms with Crippen molar-refractivity contribution in [2.45, 2.75) is 26.2 Å². The largest absolute Gasteiger partial charge is 0.478 e. The van der Waals surface area contributed by atoms with E-state index in [-0.39, 0.29) is 22.0 Å². The molecule has 1 amide bonds. The number of carbonyl (C=O) groups excluding carboxylic acids is 1. The molecule has 6 nitrogen and oxygen atoms in total. The van der Waals surface area contributed by atoms with E-state index < -0.39 is 27.5 Å². The predicted molar refractivity (Wildman–Crippen MR) is 85.2 cm³/mol. The number of anilines is 1. The first-order chi connectivity index (χ1) is 10.2. The van der Waals surface area contributed by atoms with Gasteiger partial charge in [0.2, 0.25) is 5.91 Å². The molecular weight excluding hydrogens is 330 g/mol. The van der Waals surface area contributed by atoms with Crippen LogP contribution in [0, 0.1) is 0 Å². The molecule has 0 aliphatic heterocycles. The van der Waals surface area contributed by atoms with Crippen molar-refractivity contribution >= 4 is 39.0 Å². The third-order valence-corrected chi connectivity index (χ3v) is 4.82. The zero-order valence-electron chi connectivity index (χ0n) is 12.1. The van der Waals surface area contributed by atoms with E-state index in [1.165, 1.54) is 18.2 Å². The molecule has 1 aromatic rings. The van der Waals surface area contributed by atoms with Gasteiger partial charge in [0, 0.05) is 5.69 Å². The van der Waals surface area contributed by atoms with Crippen LogP contribution in [0.1, 0.15) is 36.5 Å². The van der Waals surface area contributed by atoms with Gasteiger partial charge in [-0.25, -0.2) is 13.2 Å². The Balaban J connectivity index is 2.65. The Morgan fingerprint density at radius 3 is 2.50 bits per heavy atom. The van der Waals surface area contributed by atoms with Crippen LogP contribution in [-0.2, 0) is 14.6 Å². The fourth-order valence-corrected chi connectivity index (χ4v) is 3.33. The Labute approximate surface area is 134 Å². The Bertz CT molecular complexity index is 657. The van der Waals surface area contributed by atoms with Gasteiger partial charge in [-0.1, -0.05) is 31.4 Å². The smallest absolute Gasteiger partial charge is 0.337 e. The normalized spacial score (nSPS) is 11.2. The number of carboxylic acid groups (broad SMARTS) is 1. The van der Waals surface area contributed by atoms with Crippen LogP contribution in [-0.4, -0.2) is 36.9 Å². The topological polar surface area (TPSA) is 101 Å². The van der Waals surface area contributed by atoms with E-state index in [1.807, 2.05) is 6.92 Å². The van der Waals surface area contributed by atoms with E-state index in [0.29, 0.717) is 6.42 Å². The molecule has 0 aromatic heterocycles. The van der Waals surface area contributed by atoms with Crippen molar-refractivity contribution in [2.24, 2.45) is 0 Å². The van der Waals surface area contributed by atoms with Crippen molar-refractivity contribution in [2.75, 3.05) is 16.8 Å². The molecule has 2 N–H and O–H groups in total. The summed E-state index contributed by atoms with van der Waals surface area (Å²) in [4.78, 5) is 22.6. The Morgan fingerprint density at radius 1 is 1.27 bits per heavy atom. The van der Waals surface area contributed by atoms with Crippen molar-refractivity contribution in [1.29, 1.82) is 0 Å². The number of carboxylic acids is 1. The highest BCUT2D eigenvalue weighted by atomic mass is 35.5. The van der Waals surface area contributed by atoms with Gasteiger partial charge < -0.3 is 10.4 Å². The van der Waals surface area contributed by atoms with Crippen molar-refractivity contribution in [3.8, 4) is 0 Å². The number of carbonyl (C=O) groups is 2. The SMILES string of the molecule is CCCCCS(=O)(=O)CC(=O)Nc1ccc(C(=O)O)c(Cl)c1. The number of amides is 1. The number of hydrogen-bond donors (Lipinski definition) is 2. The van der Waals surface area contributed by atoms with Gasteiger partial charge in [-0.2, -0.15) is 0 Å². The molecule has 1 rings (SSSR count). The minimum Gasteiger partial charge on any atom is -0.478 e. The fourth-order valence-electron chi connectivity index (χ4n) is 1.81. The molecule has 0 atom stereocenters. The molecule has 0 spiro atoms.